The molecule has 1 amide bonds. The van der Waals surface area contributed by atoms with Crippen LogP contribution in [0.5, 0.6) is 0 Å². The number of halogens is 3. The molecule has 19 heavy (non-hydrogen) atoms. The average Bonchev–Trinajstić information content (AvgIpc) is 2.34. The molecule has 2 rings (SSSR count). The van der Waals surface area contributed by atoms with Gasteiger partial charge in [-0.15, -0.1) is 0 Å². The zero-order valence-electron chi connectivity index (χ0n) is 10.0. The lowest BCUT2D eigenvalue weighted by molar-refractivity contribution is -0.124. The summed E-state index contributed by atoms with van der Waals surface area (Å²) in [6.07, 6.45) is 0.665. The summed E-state index contributed by atoms with van der Waals surface area (Å²) in [5.41, 5.74) is 4.57. The third-order valence-corrected chi connectivity index (χ3v) is 3.38. The Bertz CT molecular complexity index is 481. The van der Waals surface area contributed by atoms with Gasteiger partial charge in [0.1, 0.15) is 11.4 Å². The second kappa shape index (κ2) is 5.40. The summed E-state index contributed by atoms with van der Waals surface area (Å²) >= 11 is 5.70. The van der Waals surface area contributed by atoms with Crippen molar-refractivity contribution < 1.29 is 18.3 Å². The number of amides is 1. The van der Waals surface area contributed by atoms with Crippen LogP contribution in [0.15, 0.2) is 12.1 Å². The number of nitrogens with two attached hydrogens (primary N) is 1. The van der Waals surface area contributed by atoms with E-state index in [0.717, 1.165) is 6.07 Å². The van der Waals surface area contributed by atoms with Crippen LogP contribution in [0.3, 0.4) is 0 Å². The Morgan fingerprint density at radius 2 is 2.00 bits per heavy atom. The predicted molar refractivity (Wildman–Crippen MR) is 67.0 cm³/mol. The molecule has 1 aromatic carbocycles. The van der Waals surface area contributed by atoms with Crippen molar-refractivity contribution in [2.75, 3.05) is 18.5 Å². The molecule has 1 fully saturated rings. The molecule has 104 valence electrons. The summed E-state index contributed by atoms with van der Waals surface area (Å²) in [7, 11) is 0. The van der Waals surface area contributed by atoms with Crippen molar-refractivity contribution in [1.29, 1.82) is 0 Å². The SMILES string of the molecule is NC1(C(=O)Nc2c(F)cc(F)cc2Cl)CCOCC1. The predicted octanol–water partition coefficient (Wildman–Crippen LogP) is 2.06. The van der Waals surface area contributed by atoms with Crippen LogP contribution in [-0.2, 0) is 9.53 Å². The number of benzene rings is 1. The Kier molecular flexibility index (Phi) is 4.03. The smallest absolute Gasteiger partial charge is 0.244 e. The van der Waals surface area contributed by atoms with Crippen molar-refractivity contribution >= 4 is 23.2 Å². The molecule has 1 aliphatic rings. The van der Waals surface area contributed by atoms with E-state index in [1.807, 2.05) is 0 Å². The highest BCUT2D eigenvalue weighted by atomic mass is 35.5. The molecule has 0 aromatic heterocycles. The number of rotatable bonds is 2. The van der Waals surface area contributed by atoms with E-state index in [4.69, 9.17) is 22.1 Å². The first-order chi connectivity index (χ1) is 8.92. The Balaban J connectivity index is 2.19. The van der Waals surface area contributed by atoms with E-state index in [1.165, 1.54) is 0 Å². The highest BCUT2D eigenvalue weighted by molar-refractivity contribution is 6.33. The van der Waals surface area contributed by atoms with Crippen molar-refractivity contribution in [3.05, 3.63) is 28.8 Å². The van der Waals surface area contributed by atoms with Gasteiger partial charge >= 0.3 is 0 Å². The molecular formula is C12H13ClF2N2O2. The van der Waals surface area contributed by atoms with Crippen molar-refractivity contribution in [3.8, 4) is 0 Å². The highest BCUT2D eigenvalue weighted by Gasteiger charge is 2.36. The van der Waals surface area contributed by atoms with E-state index < -0.39 is 23.1 Å². The molecule has 1 saturated heterocycles. The van der Waals surface area contributed by atoms with Crippen LogP contribution >= 0.6 is 11.6 Å². The highest BCUT2D eigenvalue weighted by Crippen LogP contribution is 2.28. The molecular weight excluding hydrogens is 278 g/mol. The van der Waals surface area contributed by atoms with Gasteiger partial charge in [0.05, 0.1) is 10.7 Å². The van der Waals surface area contributed by atoms with E-state index in [2.05, 4.69) is 5.32 Å². The lowest BCUT2D eigenvalue weighted by Gasteiger charge is -2.31. The van der Waals surface area contributed by atoms with E-state index in [0.29, 0.717) is 32.1 Å². The monoisotopic (exact) mass is 290 g/mol. The van der Waals surface area contributed by atoms with E-state index in [9.17, 15) is 13.6 Å². The zero-order valence-corrected chi connectivity index (χ0v) is 10.8. The molecule has 0 saturated carbocycles. The van der Waals surface area contributed by atoms with Gasteiger partial charge in [0, 0.05) is 19.3 Å². The van der Waals surface area contributed by atoms with Gasteiger partial charge < -0.3 is 15.8 Å². The van der Waals surface area contributed by atoms with Crippen LogP contribution < -0.4 is 11.1 Å². The lowest BCUT2D eigenvalue weighted by atomic mass is 9.90. The van der Waals surface area contributed by atoms with Crippen molar-refractivity contribution in [2.24, 2.45) is 5.73 Å². The van der Waals surface area contributed by atoms with Crippen LogP contribution in [0.25, 0.3) is 0 Å². The average molecular weight is 291 g/mol. The number of hydrogen-bond donors (Lipinski definition) is 2. The zero-order chi connectivity index (χ0) is 14.0. The largest absolute Gasteiger partial charge is 0.381 e. The minimum absolute atomic E-state index is 0.207. The molecule has 4 nitrogen and oxygen atoms in total. The minimum Gasteiger partial charge on any atom is -0.381 e. The molecule has 0 spiro atoms. The molecule has 0 radical (unpaired) electrons. The van der Waals surface area contributed by atoms with Gasteiger partial charge in [-0.2, -0.15) is 0 Å². The summed E-state index contributed by atoms with van der Waals surface area (Å²) in [4.78, 5) is 12.1. The standard InChI is InChI=1S/C12H13ClF2N2O2/c13-8-5-7(14)6-9(15)10(8)17-11(18)12(16)1-3-19-4-2-12/h5-6H,1-4,16H2,(H,17,18). The molecule has 0 atom stereocenters. The Labute approximate surface area is 113 Å². The Hall–Kier alpha value is -1.24. The fourth-order valence-electron chi connectivity index (χ4n) is 1.86. The maximum Gasteiger partial charge on any atom is 0.244 e. The summed E-state index contributed by atoms with van der Waals surface area (Å²) in [5.74, 6) is -2.30. The van der Waals surface area contributed by atoms with Gasteiger partial charge in [0.25, 0.3) is 0 Å². The third kappa shape index (κ3) is 3.02. The second-order valence-electron chi connectivity index (χ2n) is 4.47. The van der Waals surface area contributed by atoms with Crippen LogP contribution in [0, 0.1) is 11.6 Å². The first-order valence-corrected chi connectivity index (χ1v) is 6.13. The Morgan fingerprint density at radius 3 is 2.58 bits per heavy atom. The van der Waals surface area contributed by atoms with Crippen LogP contribution in [0.2, 0.25) is 5.02 Å². The molecule has 0 unspecified atom stereocenters. The number of ether oxygens (including phenoxy) is 1. The minimum atomic E-state index is -1.12. The van der Waals surface area contributed by atoms with Crippen molar-refractivity contribution in [1.82, 2.24) is 0 Å². The maximum absolute atomic E-state index is 13.6. The van der Waals surface area contributed by atoms with Gasteiger partial charge in [-0.05, 0) is 18.9 Å². The van der Waals surface area contributed by atoms with Gasteiger partial charge in [0.2, 0.25) is 5.91 Å². The van der Waals surface area contributed by atoms with E-state index in [-0.39, 0.29) is 10.7 Å². The number of nitrogens with one attached hydrogen (secondary N) is 1. The maximum atomic E-state index is 13.6. The third-order valence-electron chi connectivity index (χ3n) is 3.08. The second-order valence-corrected chi connectivity index (χ2v) is 4.87. The van der Waals surface area contributed by atoms with Gasteiger partial charge in [-0.3, -0.25) is 4.79 Å². The first-order valence-electron chi connectivity index (χ1n) is 5.75. The quantitative estimate of drug-likeness (QED) is 0.876. The normalized spacial score (nSPS) is 18.1. The number of carbonyl (C=O) groups excluding carboxylic acids is 1. The van der Waals surface area contributed by atoms with Gasteiger partial charge in [-0.1, -0.05) is 11.6 Å². The van der Waals surface area contributed by atoms with E-state index in [1.54, 1.807) is 0 Å². The van der Waals surface area contributed by atoms with Crippen molar-refractivity contribution in [3.63, 3.8) is 0 Å². The molecule has 7 heteroatoms. The molecule has 1 heterocycles. The number of hydrogen-bond acceptors (Lipinski definition) is 3. The molecule has 0 aliphatic carbocycles. The molecule has 3 N–H and O–H groups in total. The summed E-state index contributed by atoms with van der Waals surface area (Å²) in [6.45, 7) is 0.729. The first kappa shape index (κ1) is 14.2. The summed E-state index contributed by atoms with van der Waals surface area (Å²) in [6, 6.07) is 1.57. The lowest BCUT2D eigenvalue weighted by Crippen LogP contribution is -2.54. The van der Waals surface area contributed by atoms with Gasteiger partial charge in [-0.25, -0.2) is 8.78 Å². The molecule has 1 aliphatic heterocycles. The summed E-state index contributed by atoms with van der Waals surface area (Å²) < 4.78 is 31.6. The molecule has 1 aromatic rings. The Morgan fingerprint density at radius 1 is 1.37 bits per heavy atom. The van der Waals surface area contributed by atoms with Crippen LogP contribution in [0.1, 0.15) is 12.8 Å². The van der Waals surface area contributed by atoms with Crippen LogP contribution in [0.4, 0.5) is 14.5 Å². The fraction of sp³-hybridized carbons (Fsp3) is 0.417. The van der Waals surface area contributed by atoms with Crippen molar-refractivity contribution in [2.45, 2.75) is 18.4 Å². The van der Waals surface area contributed by atoms with E-state index >= 15 is 0 Å². The fourth-order valence-corrected chi connectivity index (χ4v) is 2.10. The molecule has 0 bridgehead atoms. The van der Waals surface area contributed by atoms with Crippen LogP contribution in [-0.4, -0.2) is 24.7 Å². The number of anilines is 1. The summed E-state index contributed by atoms with van der Waals surface area (Å²) in [5, 5.41) is 2.12. The number of carbonyl (C=O) groups is 1. The topological polar surface area (TPSA) is 64.4 Å². The van der Waals surface area contributed by atoms with Gasteiger partial charge in [0.15, 0.2) is 5.82 Å².